The van der Waals surface area contributed by atoms with E-state index in [0.29, 0.717) is 12.3 Å². The maximum absolute atomic E-state index is 13.9. The van der Waals surface area contributed by atoms with Crippen molar-refractivity contribution in [2.45, 2.75) is 38.3 Å². The van der Waals surface area contributed by atoms with Gasteiger partial charge in [0.15, 0.2) is 0 Å². The number of aromatic nitrogens is 1. The average Bonchev–Trinajstić information content (AvgIpc) is 3.37. The molecule has 1 saturated heterocycles. The topological polar surface area (TPSA) is 96.5 Å². The van der Waals surface area contributed by atoms with E-state index in [-0.39, 0.29) is 11.3 Å². The smallest absolute Gasteiger partial charge is 0.332 e. The predicted molar refractivity (Wildman–Crippen MR) is 134 cm³/mol. The summed E-state index contributed by atoms with van der Waals surface area (Å²) in [6, 6.07) is 20.2. The normalized spacial score (nSPS) is 19.2. The molecule has 3 aromatic carbocycles. The molecule has 6 rings (SSSR count). The van der Waals surface area contributed by atoms with Gasteiger partial charge in [0, 0.05) is 28.6 Å². The number of aromatic carboxylic acids is 1. The summed E-state index contributed by atoms with van der Waals surface area (Å²) < 4.78 is 0. The number of hydrogen-bond donors (Lipinski definition) is 1. The van der Waals surface area contributed by atoms with Gasteiger partial charge in [0.25, 0.3) is 5.91 Å². The van der Waals surface area contributed by atoms with Gasteiger partial charge in [0.1, 0.15) is 12.1 Å². The Balaban J connectivity index is 1.53. The highest BCUT2D eigenvalue weighted by molar-refractivity contribution is 6.23. The predicted octanol–water partition coefficient (Wildman–Crippen LogP) is 4.14. The van der Waals surface area contributed by atoms with Crippen LogP contribution in [-0.4, -0.2) is 33.8 Å². The molecule has 1 fully saturated rings. The van der Waals surface area contributed by atoms with Crippen LogP contribution in [0.25, 0.3) is 10.9 Å². The lowest BCUT2D eigenvalue weighted by molar-refractivity contribution is -0.254. The number of aromatic amines is 1. The molecule has 2 atom stereocenters. The maximum Gasteiger partial charge on any atom is 0.332 e. The zero-order chi connectivity index (χ0) is 25.1. The number of anilines is 1. The highest BCUT2D eigenvalue weighted by Gasteiger charge is 2.53. The van der Waals surface area contributed by atoms with E-state index in [2.05, 4.69) is 31.0 Å². The molecule has 1 aromatic heterocycles. The Hall–Kier alpha value is -4.39. The first-order chi connectivity index (χ1) is 17.4. The van der Waals surface area contributed by atoms with Crippen LogP contribution in [0.3, 0.4) is 0 Å². The van der Waals surface area contributed by atoms with Gasteiger partial charge in [-0.1, -0.05) is 74.5 Å². The molecule has 180 valence electrons. The van der Waals surface area contributed by atoms with Crippen LogP contribution in [0.15, 0.2) is 72.8 Å². The van der Waals surface area contributed by atoms with Crippen molar-refractivity contribution in [3.8, 4) is 0 Å². The number of benzene rings is 3. The van der Waals surface area contributed by atoms with Crippen LogP contribution in [0.2, 0.25) is 0 Å². The lowest BCUT2D eigenvalue weighted by Crippen LogP contribution is -2.44. The Morgan fingerprint density at radius 3 is 2.39 bits per heavy atom. The van der Waals surface area contributed by atoms with Crippen molar-refractivity contribution in [1.29, 1.82) is 0 Å². The molecule has 0 bridgehead atoms. The quantitative estimate of drug-likeness (QED) is 0.446. The molecule has 0 saturated carbocycles. The lowest BCUT2D eigenvalue weighted by Gasteiger charge is -2.36. The number of amides is 3. The maximum atomic E-state index is 13.9. The average molecular weight is 479 g/mol. The van der Waals surface area contributed by atoms with Crippen molar-refractivity contribution < 1.29 is 19.5 Å². The first kappa shape index (κ1) is 22.1. The number of nitrogens with one attached hydrogen (secondary N) is 1. The Kier molecular flexibility index (Phi) is 4.96. The Labute approximate surface area is 208 Å². The van der Waals surface area contributed by atoms with E-state index in [9.17, 15) is 19.5 Å². The summed E-state index contributed by atoms with van der Waals surface area (Å²) in [6.45, 7) is 4.24. The van der Waals surface area contributed by atoms with Crippen molar-refractivity contribution in [2.24, 2.45) is 0 Å². The zero-order valence-electron chi connectivity index (χ0n) is 19.9. The third-order valence-corrected chi connectivity index (χ3v) is 7.33. The molecule has 0 unspecified atom stereocenters. The number of imide groups is 1. The number of urea groups is 1. The van der Waals surface area contributed by atoms with Gasteiger partial charge in [-0.2, -0.15) is 0 Å². The first-order valence-corrected chi connectivity index (χ1v) is 12.0. The van der Waals surface area contributed by atoms with Gasteiger partial charge in [-0.05, 0) is 34.7 Å². The van der Waals surface area contributed by atoms with Crippen LogP contribution in [0, 0.1) is 0 Å². The fourth-order valence-corrected chi connectivity index (χ4v) is 5.55. The number of carbonyl (C=O) groups excluding carboxylic acids is 3. The standard InChI is InChI=1S/C29H25N3O4/c1-16(2)17-11-13-18(14-12-17)26-25-21(19-7-3-5-9-22(19)30-25)15-24-27(33)32(29(36)31(24)26)23-10-6-4-8-20(23)28(34)35/h3-14,16,24,26,30H,15H2,1-2H3,(H,34,35)/p-1/t24-,26+/m0/s1. The van der Waals surface area contributed by atoms with E-state index in [1.54, 1.807) is 17.0 Å². The van der Waals surface area contributed by atoms with Gasteiger partial charge < -0.3 is 14.9 Å². The van der Waals surface area contributed by atoms with Crippen LogP contribution in [-0.2, 0) is 11.2 Å². The number of hydrogen-bond acceptors (Lipinski definition) is 4. The molecule has 7 nitrogen and oxygen atoms in total. The minimum Gasteiger partial charge on any atom is -0.545 e. The van der Waals surface area contributed by atoms with E-state index >= 15 is 0 Å². The summed E-state index contributed by atoms with van der Waals surface area (Å²) in [7, 11) is 0. The molecule has 7 heteroatoms. The summed E-state index contributed by atoms with van der Waals surface area (Å²) in [5.41, 5.74) is 4.73. The number of nitrogens with zero attached hydrogens (tertiary/aromatic N) is 2. The molecule has 0 radical (unpaired) electrons. The van der Waals surface area contributed by atoms with Crippen LogP contribution in [0.5, 0.6) is 0 Å². The number of carboxylic acid groups (broad SMARTS) is 1. The van der Waals surface area contributed by atoms with Crippen LogP contribution < -0.4 is 10.0 Å². The van der Waals surface area contributed by atoms with Gasteiger partial charge in [0.05, 0.1) is 11.7 Å². The summed E-state index contributed by atoms with van der Waals surface area (Å²) in [6.07, 6.45) is 0.342. The number of carboxylic acids is 1. The molecule has 2 aliphatic rings. The number of fused-ring (bicyclic) bond motifs is 4. The molecular weight excluding hydrogens is 454 g/mol. The van der Waals surface area contributed by atoms with Crippen molar-refractivity contribution >= 4 is 34.5 Å². The van der Waals surface area contributed by atoms with Gasteiger partial charge in [-0.15, -0.1) is 0 Å². The van der Waals surface area contributed by atoms with Gasteiger partial charge in [-0.25, -0.2) is 9.69 Å². The van der Waals surface area contributed by atoms with E-state index in [1.807, 2.05) is 36.4 Å². The SMILES string of the molecule is CC(C)c1ccc([C@@H]2c3[nH]c4ccccc4c3C[C@H]3C(=O)N(c4ccccc4C(=O)[O-])C(=O)N23)cc1. The second kappa shape index (κ2) is 8.09. The highest BCUT2D eigenvalue weighted by atomic mass is 16.4. The van der Waals surface area contributed by atoms with Gasteiger partial charge in [0.2, 0.25) is 0 Å². The fourth-order valence-electron chi connectivity index (χ4n) is 5.55. The number of rotatable bonds is 4. The zero-order valence-corrected chi connectivity index (χ0v) is 19.9. The van der Waals surface area contributed by atoms with Crippen LogP contribution in [0.1, 0.15) is 58.5 Å². The first-order valence-electron chi connectivity index (χ1n) is 12.0. The largest absolute Gasteiger partial charge is 0.545 e. The van der Waals surface area contributed by atoms with Crippen molar-refractivity contribution in [3.05, 3.63) is 101 Å². The van der Waals surface area contributed by atoms with E-state index < -0.39 is 30.0 Å². The van der Waals surface area contributed by atoms with Gasteiger partial charge in [-0.3, -0.25) is 9.69 Å². The molecular formula is C29H24N3O4-. The lowest BCUT2D eigenvalue weighted by atomic mass is 9.88. The van der Waals surface area contributed by atoms with Crippen molar-refractivity contribution in [2.75, 3.05) is 4.90 Å². The molecule has 0 spiro atoms. The molecule has 2 aliphatic heterocycles. The Bertz CT molecular complexity index is 1540. The fraction of sp³-hybridized carbons (Fsp3) is 0.207. The van der Waals surface area contributed by atoms with Crippen molar-refractivity contribution in [1.82, 2.24) is 9.88 Å². The molecule has 3 heterocycles. The minimum atomic E-state index is -1.44. The molecule has 4 aromatic rings. The van der Waals surface area contributed by atoms with E-state index in [0.717, 1.165) is 32.6 Å². The van der Waals surface area contributed by atoms with Crippen LogP contribution >= 0.6 is 0 Å². The number of para-hydroxylation sites is 2. The summed E-state index contributed by atoms with van der Waals surface area (Å²) in [5.74, 6) is -1.52. The third kappa shape index (κ3) is 3.16. The van der Waals surface area contributed by atoms with E-state index in [1.165, 1.54) is 17.7 Å². The summed E-state index contributed by atoms with van der Waals surface area (Å²) in [4.78, 5) is 45.5. The number of carbonyl (C=O) groups is 3. The third-order valence-electron chi connectivity index (χ3n) is 7.33. The second-order valence-corrected chi connectivity index (χ2v) is 9.67. The molecule has 3 amide bonds. The molecule has 0 aliphatic carbocycles. The second-order valence-electron chi connectivity index (χ2n) is 9.67. The van der Waals surface area contributed by atoms with Crippen LogP contribution in [0.4, 0.5) is 10.5 Å². The van der Waals surface area contributed by atoms with Gasteiger partial charge >= 0.3 is 6.03 Å². The minimum absolute atomic E-state index is 0.0318. The van der Waals surface area contributed by atoms with E-state index in [4.69, 9.17) is 0 Å². The number of H-pyrrole nitrogens is 1. The summed E-state index contributed by atoms with van der Waals surface area (Å²) in [5, 5.41) is 12.8. The highest BCUT2D eigenvalue weighted by Crippen LogP contribution is 2.45. The molecule has 1 N–H and O–H groups in total. The Morgan fingerprint density at radius 2 is 1.67 bits per heavy atom. The summed E-state index contributed by atoms with van der Waals surface area (Å²) >= 11 is 0. The van der Waals surface area contributed by atoms with Crippen molar-refractivity contribution in [3.63, 3.8) is 0 Å². The Morgan fingerprint density at radius 1 is 0.972 bits per heavy atom. The molecule has 36 heavy (non-hydrogen) atoms. The monoisotopic (exact) mass is 478 g/mol.